The van der Waals surface area contributed by atoms with Crippen molar-refractivity contribution in [1.82, 2.24) is 15.1 Å². The van der Waals surface area contributed by atoms with Crippen LogP contribution in [-0.2, 0) is 22.7 Å². The van der Waals surface area contributed by atoms with E-state index < -0.39 is 6.04 Å². The first-order valence-electron chi connectivity index (χ1n) is 9.99. The minimum Gasteiger partial charge on any atom is -0.330 e. The molecule has 3 heterocycles. The number of likely N-dealkylation sites (tertiary alicyclic amines) is 1. The van der Waals surface area contributed by atoms with Crippen LogP contribution in [0.2, 0.25) is 0 Å². The molecule has 4 rings (SSSR count). The van der Waals surface area contributed by atoms with E-state index in [4.69, 9.17) is 5.73 Å². The fourth-order valence-electron chi connectivity index (χ4n) is 4.71. The monoisotopic (exact) mass is 384 g/mol. The molecule has 0 bridgehead atoms. The molecule has 0 radical (unpaired) electrons. The highest BCUT2D eigenvalue weighted by Gasteiger charge is 2.40. The molecule has 3 N–H and O–H groups in total. The van der Waals surface area contributed by atoms with Crippen molar-refractivity contribution in [2.24, 2.45) is 17.1 Å². The molecule has 3 aliphatic heterocycles. The van der Waals surface area contributed by atoms with Gasteiger partial charge in [-0.2, -0.15) is 0 Å². The van der Waals surface area contributed by atoms with Crippen molar-refractivity contribution in [3.05, 3.63) is 34.9 Å². The van der Waals surface area contributed by atoms with E-state index in [1.807, 2.05) is 12.1 Å². The maximum absolute atomic E-state index is 12.8. The van der Waals surface area contributed by atoms with Crippen LogP contribution in [0.3, 0.4) is 0 Å². The summed E-state index contributed by atoms with van der Waals surface area (Å²) < 4.78 is 0. The molecule has 0 aliphatic carbocycles. The lowest BCUT2D eigenvalue weighted by Crippen LogP contribution is -2.52. The number of fused-ring (bicyclic) bond motifs is 1. The van der Waals surface area contributed by atoms with Gasteiger partial charge in [0.05, 0.1) is 0 Å². The summed E-state index contributed by atoms with van der Waals surface area (Å²) in [4.78, 5) is 40.4. The molecule has 3 atom stereocenters. The number of nitrogens with zero attached hydrogens (tertiary/aromatic N) is 2. The van der Waals surface area contributed by atoms with Crippen LogP contribution in [0.1, 0.15) is 48.2 Å². The number of hydrogen-bond donors (Lipinski definition) is 2. The maximum Gasteiger partial charge on any atom is 0.255 e. The SMILES string of the molecule is C[C@@H]1CN(Cc2ccc3c(c2)CN(C2CCC(=O)NC2=O)C3=O)C[C@@]1(C)CN. The van der Waals surface area contributed by atoms with Crippen molar-refractivity contribution in [2.75, 3.05) is 19.6 Å². The zero-order chi connectivity index (χ0) is 20.1. The Hall–Kier alpha value is -2.25. The summed E-state index contributed by atoms with van der Waals surface area (Å²) in [6, 6.07) is 5.40. The van der Waals surface area contributed by atoms with E-state index in [9.17, 15) is 14.4 Å². The molecular formula is C21H28N4O3. The van der Waals surface area contributed by atoms with E-state index in [1.54, 1.807) is 4.90 Å². The van der Waals surface area contributed by atoms with Crippen molar-refractivity contribution in [2.45, 2.75) is 45.8 Å². The lowest BCUT2D eigenvalue weighted by Gasteiger charge is -2.29. The number of carbonyl (C=O) groups excluding carboxylic acids is 3. The summed E-state index contributed by atoms with van der Waals surface area (Å²) in [5.74, 6) is -0.208. The molecule has 3 amide bonds. The van der Waals surface area contributed by atoms with E-state index in [0.717, 1.165) is 25.2 Å². The van der Waals surface area contributed by atoms with Crippen LogP contribution in [0, 0.1) is 11.3 Å². The van der Waals surface area contributed by atoms with E-state index in [2.05, 4.69) is 30.1 Å². The number of nitrogens with two attached hydrogens (primary N) is 1. The van der Waals surface area contributed by atoms with Crippen LogP contribution < -0.4 is 11.1 Å². The molecule has 1 aromatic carbocycles. The Morgan fingerprint density at radius 1 is 1.29 bits per heavy atom. The van der Waals surface area contributed by atoms with Crippen LogP contribution in [0.4, 0.5) is 0 Å². The number of hydrogen-bond acceptors (Lipinski definition) is 5. The predicted molar refractivity (Wildman–Crippen MR) is 104 cm³/mol. The molecule has 1 unspecified atom stereocenters. The highest BCUT2D eigenvalue weighted by molar-refractivity contribution is 6.05. The third-order valence-corrected chi connectivity index (χ3v) is 6.77. The van der Waals surface area contributed by atoms with Gasteiger partial charge in [-0.25, -0.2) is 0 Å². The molecule has 7 nitrogen and oxygen atoms in total. The van der Waals surface area contributed by atoms with Gasteiger partial charge in [0.15, 0.2) is 0 Å². The van der Waals surface area contributed by atoms with Crippen molar-refractivity contribution in [3.8, 4) is 0 Å². The zero-order valence-corrected chi connectivity index (χ0v) is 16.5. The summed E-state index contributed by atoms with van der Waals surface area (Å²) in [7, 11) is 0. The largest absolute Gasteiger partial charge is 0.330 e. The maximum atomic E-state index is 12.8. The first-order valence-corrected chi connectivity index (χ1v) is 9.99. The molecule has 0 saturated carbocycles. The first kappa shape index (κ1) is 19.1. The normalized spacial score (nSPS) is 30.7. The molecule has 150 valence electrons. The Morgan fingerprint density at radius 2 is 2.07 bits per heavy atom. The van der Waals surface area contributed by atoms with Crippen LogP contribution in [0.15, 0.2) is 18.2 Å². The number of amides is 3. The van der Waals surface area contributed by atoms with Gasteiger partial charge in [-0.05, 0) is 41.5 Å². The Bertz CT molecular complexity index is 839. The summed E-state index contributed by atoms with van der Waals surface area (Å²) in [5, 5.41) is 2.34. The van der Waals surface area contributed by atoms with Crippen LogP contribution >= 0.6 is 0 Å². The second-order valence-electron chi connectivity index (χ2n) is 8.82. The van der Waals surface area contributed by atoms with Gasteiger partial charge < -0.3 is 10.6 Å². The summed E-state index contributed by atoms with van der Waals surface area (Å²) in [6.45, 7) is 8.44. The molecule has 2 fully saturated rings. The third-order valence-electron chi connectivity index (χ3n) is 6.77. The van der Waals surface area contributed by atoms with Crippen molar-refractivity contribution < 1.29 is 14.4 Å². The van der Waals surface area contributed by atoms with Crippen LogP contribution in [-0.4, -0.2) is 53.2 Å². The molecule has 28 heavy (non-hydrogen) atoms. The number of rotatable bonds is 4. The molecule has 0 spiro atoms. The van der Waals surface area contributed by atoms with E-state index >= 15 is 0 Å². The smallest absolute Gasteiger partial charge is 0.255 e. The van der Waals surface area contributed by atoms with Crippen LogP contribution in [0.25, 0.3) is 0 Å². The van der Waals surface area contributed by atoms with Gasteiger partial charge in [0.25, 0.3) is 5.91 Å². The lowest BCUT2D eigenvalue weighted by atomic mass is 9.81. The van der Waals surface area contributed by atoms with Gasteiger partial charge in [0, 0.05) is 38.2 Å². The van der Waals surface area contributed by atoms with Gasteiger partial charge >= 0.3 is 0 Å². The fraction of sp³-hybridized carbons (Fsp3) is 0.571. The lowest BCUT2D eigenvalue weighted by molar-refractivity contribution is -0.136. The number of benzene rings is 1. The van der Waals surface area contributed by atoms with E-state index in [1.165, 1.54) is 5.56 Å². The first-order chi connectivity index (χ1) is 13.3. The second kappa shape index (κ2) is 6.97. The Kier molecular flexibility index (Phi) is 4.75. The topological polar surface area (TPSA) is 95.7 Å². The van der Waals surface area contributed by atoms with E-state index in [-0.39, 0.29) is 29.6 Å². The molecule has 3 aliphatic rings. The van der Waals surface area contributed by atoms with Gasteiger partial charge in [0.1, 0.15) is 6.04 Å². The quantitative estimate of drug-likeness (QED) is 0.751. The van der Waals surface area contributed by atoms with Gasteiger partial charge in [-0.3, -0.25) is 24.6 Å². The average molecular weight is 384 g/mol. The van der Waals surface area contributed by atoms with Crippen LogP contribution in [0.5, 0.6) is 0 Å². The predicted octanol–water partition coefficient (Wildman–Crippen LogP) is 0.864. The minimum absolute atomic E-state index is 0.124. The number of nitrogens with one attached hydrogen (secondary N) is 1. The third kappa shape index (κ3) is 3.22. The highest BCUT2D eigenvalue weighted by Crippen LogP contribution is 2.35. The van der Waals surface area contributed by atoms with Gasteiger partial charge in [-0.1, -0.05) is 26.0 Å². The average Bonchev–Trinajstić information content (AvgIpc) is 3.12. The second-order valence-corrected chi connectivity index (χ2v) is 8.82. The van der Waals surface area contributed by atoms with Gasteiger partial charge in [-0.15, -0.1) is 0 Å². The molecule has 1 aromatic rings. The number of carbonyl (C=O) groups is 3. The zero-order valence-electron chi connectivity index (χ0n) is 16.5. The number of piperidine rings is 1. The summed E-state index contributed by atoms with van der Waals surface area (Å²) in [5.41, 5.74) is 8.93. The van der Waals surface area contributed by atoms with Crippen molar-refractivity contribution >= 4 is 17.7 Å². The summed E-state index contributed by atoms with van der Waals surface area (Å²) >= 11 is 0. The Balaban J connectivity index is 1.47. The molecule has 0 aromatic heterocycles. The Labute approximate surface area is 165 Å². The molecule has 7 heteroatoms. The standard InChI is InChI=1S/C21H28N4O3/c1-13-8-24(12-21(13,2)11-22)9-14-3-4-16-15(7-14)10-25(20(16)28)17-5-6-18(26)23-19(17)27/h3-4,7,13,17H,5-6,8-12,22H2,1-2H3,(H,23,26,27)/t13-,17?,21-/m1/s1. The van der Waals surface area contributed by atoms with Crippen molar-refractivity contribution in [3.63, 3.8) is 0 Å². The minimum atomic E-state index is -0.564. The molecular weight excluding hydrogens is 356 g/mol. The van der Waals surface area contributed by atoms with Gasteiger partial charge in [0.2, 0.25) is 11.8 Å². The Morgan fingerprint density at radius 3 is 2.75 bits per heavy atom. The van der Waals surface area contributed by atoms with E-state index in [0.29, 0.717) is 31.0 Å². The molecule has 2 saturated heterocycles. The summed E-state index contributed by atoms with van der Waals surface area (Å²) in [6.07, 6.45) is 0.662. The highest BCUT2D eigenvalue weighted by atomic mass is 16.2. The number of imide groups is 1. The fourth-order valence-corrected chi connectivity index (χ4v) is 4.71. The van der Waals surface area contributed by atoms with Crippen molar-refractivity contribution in [1.29, 1.82) is 0 Å².